The fraction of sp³-hybridized carbons (Fsp3) is 0.365. The summed E-state index contributed by atoms with van der Waals surface area (Å²) in [5.41, 5.74) is 25.1. The lowest BCUT2D eigenvalue weighted by molar-refractivity contribution is 0.0503. The molecule has 0 unspecified atom stereocenters. The SMILES string of the molecule is C.C.C.C.C.C.C.C.CC.CN1CCOCC1.CNCC1CC1.CNCc1ccc(C)cc1.CNCc1ccc(C)cc1.CNCc1ccc(NC(=O)c2ccccc2)cc1.CNCc1ccccc1.CNc1ccc(C)cc1.CNc1ccc(C)cc1.CNc1cccc(C)c1.CNc1cccc(C)c1.CNc1ccccc1C.CNc1ccccc1C(=O)OC.CNc1ccccc1OC.CNc1ccccc1OC. The van der Waals surface area contributed by atoms with E-state index < -0.39 is 0 Å². The maximum atomic E-state index is 11.9. The molecule has 2 fully saturated rings. The normalized spacial score (nSPS) is 10.0. The average Bonchev–Trinajstić information content (AvgIpc) is 1.56. The smallest absolute Gasteiger partial charge is 0.339 e. The number of benzene rings is 13. The van der Waals surface area contributed by atoms with Gasteiger partial charge in [-0.3, -0.25) is 4.79 Å². The van der Waals surface area contributed by atoms with E-state index >= 15 is 0 Å². The Morgan fingerprint density at radius 1 is 0.306 bits per heavy atom. The first-order chi connectivity index (χ1) is 67.4. The van der Waals surface area contributed by atoms with Crippen molar-refractivity contribution in [2.24, 2.45) is 5.92 Å². The highest BCUT2D eigenvalue weighted by atomic mass is 16.5. The number of carbonyl (C=O) groups excluding carboxylic acids is 2. The van der Waals surface area contributed by atoms with Gasteiger partial charge in [0.1, 0.15) is 11.5 Å². The van der Waals surface area contributed by atoms with Crippen molar-refractivity contribution in [3.8, 4) is 11.5 Å². The number of nitrogens with zero attached hydrogens (tertiary/aromatic N) is 1. The minimum atomic E-state index is -0.319. The minimum absolute atomic E-state index is 0. The van der Waals surface area contributed by atoms with Gasteiger partial charge in [-0.15, -0.1) is 0 Å². The fourth-order valence-corrected chi connectivity index (χ4v) is 12.2. The van der Waals surface area contributed by atoms with E-state index in [9.17, 15) is 9.59 Å². The molecule has 13 aromatic carbocycles. The molecule has 2 aliphatic rings. The second-order valence-electron chi connectivity index (χ2n) is 31.7. The number of nitrogens with one attached hydrogen (secondary N) is 14. The first kappa shape index (κ1) is 149. The van der Waals surface area contributed by atoms with E-state index in [-0.39, 0.29) is 71.3 Å². The van der Waals surface area contributed by atoms with Crippen LogP contribution in [-0.4, -0.2) is 170 Å². The van der Waals surface area contributed by atoms with Crippen molar-refractivity contribution >= 4 is 63.1 Å². The summed E-state index contributed by atoms with van der Waals surface area (Å²) in [4.78, 5) is 25.3. The summed E-state index contributed by atoms with van der Waals surface area (Å²) >= 11 is 0. The lowest BCUT2D eigenvalue weighted by Crippen LogP contribution is -2.32. The molecule has 1 saturated heterocycles. The van der Waals surface area contributed by atoms with Gasteiger partial charge in [-0.2, -0.15) is 0 Å². The van der Waals surface area contributed by atoms with Crippen LogP contribution in [0.3, 0.4) is 0 Å². The van der Waals surface area contributed by atoms with Crippen LogP contribution in [0, 0.1) is 54.4 Å². The summed E-state index contributed by atoms with van der Waals surface area (Å²) in [6.45, 7) is 27.6. The molecule has 15 rings (SSSR count). The Morgan fingerprint density at radius 3 is 0.891 bits per heavy atom. The summed E-state index contributed by atoms with van der Waals surface area (Å²) in [6, 6.07) is 109. The highest BCUT2D eigenvalue weighted by Crippen LogP contribution is 2.27. The van der Waals surface area contributed by atoms with E-state index in [0.29, 0.717) is 11.1 Å². The number of esters is 1. The van der Waals surface area contributed by atoms with Gasteiger partial charge in [0, 0.05) is 141 Å². The van der Waals surface area contributed by atoms with Crippen LogP contribution in [0.2, 0.25) is 0 Å². The van der Waals surface area contributed by atoms with E-state index in [1.807, 2.05) is 256 Å². The maximum absolute atomic E-state index is 11.9. The van der Waals surface area contributed by atoms with Crippen LogP contribution in [0.25, 0.3) is 0 Å². The van der Waals surface area contributed by atoms with Crippen molar-refractivity contribution in [3.05, 3.63) is 400 Å². The summed E-state index contributed by atoms with van der Waals surface area (Å²) in [6.07, 6.45) is 2.92. The second-order valence-corrected chi connectivity index (χ2v) is 31.7. The Morgan fingerprint density at radius 2 is 0.612 bits per heavy atom. The molecule has 21 heteroatoms. The van der Waals surface area contributed by atoms with Gasteiger partial charge >= 0.3 is 5.97 Å². The van der Waals surface area contributed by atoms with E-state index in [2.05, 4.69) is 285 Å². The van der Waals surface area contributed by atoms with E-state index in [1.54, 1.807) is 45.5 Å². The Balaban J connectivity index is -0.000000236. The maximum Gasteiger partial charge on any atom is 0.339 e. The third kappa shape index (κ3) is 72.5. The molecule has 147 heavy (non-hydrogen) atoms. The van der Waals surface area contributed by atoms with Crippen LogP contribution in [-0.2, 0) is 35.7 Å². The van der Waals surface area contributed by atoms with Crippen LogP contribution >= 0.6 is 0 Å². The Bertz CT molecular complexity index is 4930. The van der Waals surface area contributed by atoms with E-state index in [0.717, 1.165) is 92.6 Å². The van der Waals surface area contributed by atoms with E-state index in [4.69, 9.17) is 14.2 Å². The van der Waals surface area contributed by atoms with Crippen LogP contribution in [0.5, 0.6) is 11.5 Å². The zero-order valence-electron chi connectivity index (χ0n) is 88.4. The minimum Gasteiger partial charge on any atom is -0.495 e. The van der Waals surface area contributed by atoms with Crippen LogP contribution in [0.4, 0.5) is 51.2 Å². The number of hydrogen-bond donors (Lipinski definition) is 14. The monoisotopic (exact) mass is 2020 g/mol. The Labute approximate surface area is 896 Å². The largest absolute Gasteiger partial charge is 0.495 e. The van der Waals surface area contributed by atoms with Crippen molar-refractivity contribution in [3.63, 3.8) is 0 Å². The fourth-order valence-electron chi connectivity index (χ4n) is 12.2. The number of amides is 1. The number of aryl methyl sites for hydroxylation is 7. The highest BCUT2D eigenvalue weighted by Gasteiger charge is 2.19. The lowest BCUT2D eigenvalue weighted by atomic mass is 10.1. The molecule has 816 valence electrons. The van der Waals surface area contributed by atoms with Gasteiger partial charge in [0.25, 0.3) is 5.91 Å². The molecular formula is C126H201N15O6. The topological polar surface area (TPSA) is 243 Å². The Hall–Kier alpha value is -13.5. The lowest BCUT2D eigenvalue weighted by Gasteiger charge is -2.21. The first-order valence-electron chi connectivity index (χ1n) is 47.7. The highest BCUT2D eigenvalue weighted by molar-refractivity contribution is 6.04. The number of rotatable bonds is 23. The molecule has 0 radical (unpaired) electrons. The van der Waals surface area contributed by atoms with Crippen LogP contribution in [0.15, 0.2) is 328 Å². The van der Waals surface area contributed by atoms with E-state index in [1.165, 1.54) is 116 Å². The zero-order valence-corrected chi connectivity index (χ0v) is 88.4. The predicted molar refractivity (Wildman–Crippen MR) is 657 cm³/mol. The van der Waals surface area contributed by atoms with Crippen LogP contribution < -0.4 is 83.9 Å². The van der Waals surface area contributed by atoms with Gasteiger partial charge < -0.3 is 98.3 Å². The number of carbonyl (C=O) groups is 2. The van der Waals surface area contributed by atoms with Crippen molar-refractivity contribution < 1.29 is 28.5 Å². The molecule has 13 aromatic rings. The number of hydrogen-bond acceptors (Lipinski definition) is 20. The van der Waals surface area contributed by atoms with Crippen molar-refractivity contribution in [2.75, 3.05) is 201 Å². The number of anilines is 9. The number of methoxy groups -OCH3 is 3. The number of ether oxygens (including phenoxy) is 4. The number of likely N-dealkylation sites (N-methyl/N-ethyl adjacent to an activating group) is 1. The summed E-state index contributed by atoms with van der Waals surface area (Å²) in [5, 5.41) is 42.7. The summed E-state index contributed by atoms with van der Waals surface area (Å²) in [7, 11) is 31.7. The quantitative estimate of drug-likeness (QED) is 0.0266. The molecule has 21 nitrogen and oxygen atoms in total. The molecule has 1 heterocycles. The molecule has 1 aliphatic heterocycles. The second kappa shape index (κ2) is 97.3. The van der Waals surface area contributed by atoms with Crippen molar-refractivity contribution in [1.82, 2.24) is 31.5 Å². The number of para-hydroxylation sites is 6. The van der Waals surface area contributed by atoms with Gasteiger partial charge in [0.15, 0.2) is 0 Å². The molecular weight excluding hydrogens is 1820 g/mol. The Kier molecular flexibility index (Phi) is 98.5. The van der Waals surface area contributed by atoms with Gasteiger partial charge in [-0.1, -0.05) is 308 Å². The third-order valence-electron chi connectivity index (χ3n) is 20.3. The van der Waals surface area contributed by atoms with Gasteiger partial charge in [0.2, 0.25) is 0 Å². The zero-order chi connectivity index (χ0) is 103. The molecule has 1 amide bonds. The number of morpholine rings is 1. The van der Waals surface area contributed by atoms with Gasteiger partial charge in [-0.05, 0) is 270 Å². The summed E-state index contributed by atoms with van der Waals surface area (Å²) < 4.78 is 19.8. The predicted octanol–water partition coefficient (Wildman–Crippen LogP) is 29.3. The molecule has 0 spiro atoms. The molecule has 0 bridgehead atoms. The third-order valence-corrected chi connectivity index (χ3v) is 20.3. The van der Waals surface area contributed by atoms with Gasteiger partial charge in [0.05, 0.1) is 51.5 Å². The van der Waals surface area contributed by atoms with Crippen molar-refractivity contribution in [2.45, 2.75) is 161 Å². The van der Waals surface area contributed by atoms with Gasteiger partial charge in [-0.25, -0.2) is 4.79 Å². The van der Waals surface area contributed by atoms with Crippen LogP contribution in [0.1, 0.15) is 168 Å². The molecule has 1 aliphatic carbocycles. The first-order valence-corrected chi connectivity index (χ1v) is 47.7. The average molecular weight is 2020 g/mol. The standard InChI is InChI=1S/C15H16N2O.C9H11NO2.2C9H13N.2C8H11NO.6C8H11N.C5H11NO.C5H11N.C2H6.8CH4/c1-16-11-12-7-9-14(10-8-12)17-15(18)13-5-3-2-4-6-13;1-10-8-6-4-3-5-7(8)9(11)12-2;2*1-8-3-5-9(6-4-8)7-10-2;2*1-9-7-5-3-4-6-8(7)10-2;2*1-7-3-5-8(9-2)6-4-7;2*1-7-4-3-5-8(6-7)9-2;1-7-5-3-4-6-8(7)9-2;1-9-7-8-5-3-2-4-6-8;1-6-2-4-7-5-3-6;1-6-4-5-2-3-5;1-2;;;;;;;;/h2-10,16H,11H2,1H3,(H,17,18);3-6,10H,1-2H3;2*3-6,10H,7H2,1-2H3;2*3-6,9H,1-2H3;5*3-6,9H,1-2H3;2-6,9H,7H2,1H3;2-5H2,1H3;5-6H,2-4H2,1H3;1-2H3;8*1H4. The van der Waals surface area contributed by atoms with Crippen molar-refractivity contribution in [1.29, 1.82) is 0 Å². The molecule has 0 atom stereocenters. The molecule has 0 aromatic heterocycles. The molecule has 14 N–H and O–H groups in total. The summed E-state index contributed by atoms with van der Waals surface area (Å²) in [5.74, 6) is 2.39. The molecule has 1 saturated carbocycles.